The summed E-state index contributed by atoms with van der Waals surface area (Å²) in [5, 5.41) is 0.671. The number of carbonyl (C=O) groups is 1. The van der Waals surface area contributed by atoms with E-state index in [2.05, 4.69) is 14.7 Å². The highest BCUT2D eigenvalue weighted by Gasteiger charge is 2.19. The number of hydrogen-bond acceptors (Lipinski definition) is 9. The van der Waals surface area contributed by atoms with Crippen LogP contribution in [0.1, 0.15) is 21.6 Å². The lowest BCUT2D eigenvalue weighted by molar-refractivity contribution is 0.0827. The molecule has 1 amide bonds. The van der Waals surface area contributed by atoms with Crippen molar-refractivity contribution < 1.29 is 27.1 Å². The fraction of sp³-hybridized carbons (Fsp3) is 0.241. The monoisotopic (exact) mass is 609 g/mol. The molecule has 2 heterocycles. The highest BCUT2D eigenvalue weighted by molar-refractivity contribution is 7.89. The van der Waals surface area contributed by atoms with Crippen LogP contribution in [0.4, 0.5) is 4.39 Å². The normalized spacial score (nSPS) is 11.7. The lowest BCUT2D eigenvalue weighted by Crippen LogP contribution is -2.28. The largest absolute Gasteiger partial charge is 0.492 e. The lowest BCUT2D eigenvalue weighted by Gasteiger charge is -2.12. The van der Waals surface area contributed by atoms with Gasteiger partial charge < -0.3 is 14.4 Å². The molecule has 0 aliphatic heterocycles. The summed E-state index contributed by atoms with van der Waals surface area (Å²) in [6.45, 7) is 2.31. The molecule has 0 fully saturated rings. The molecule has 0 aliphatic carbocycles. The van der Waals surface area contributed by atoms with Crippen LogP contribution < -0.4 is 9.46 Å². The van der Waals surface area contributed by atoms with Gasteiger partial charge in [-0.25, -0.2) is 27.5 Å². The minimum atomic E-state index is -3.79. The van der Waals surface area contributed by atoms with Gasteiger partial charge in [0.2, 0.25) is 10.0 Å². The Bertz CT molecular complexity index is 1890. The van der Waals surface area contributed by atoms with Gasteiger partial charge in [-0.15, -0.1) is 11.3 Å². The van der Waals surface area contributed by atoms with E-state index in [1.54, 1.807) is 39.5 Å². The van der Waals surface area contributed by atoms with E-state index in [0.29, 0.717) is 45.2 Å². The predicted molar refractivity (Wildman–Crippen MR) is 159 cm³/mol. The lowest BCUT2D eigenvalue weighted by atomic mass is 10.1. The van der Waals surface area contributed by atoms with E-state index in [0.717, 1.165) is 27.9 Å². The molecule has 0 unspecified atom stereocenters. The maximum absolute atomic E-state index is 13.1. The zero-order valence-electron chi connectivity index (χ0n) is 23.3. The molecule has 2 aromatic heterocycles. The Labute approximate surface area is 246 Å². The van der Waals surface area contributed by atoms with E-state index >= 15 is 0 Å². The van der Waals surface area contributed by atoms with Crippen LogP contribution in [0, 0.1) is 12.7 Å². The van der Waals surface area contributed by atoms with Gasteiger partial charge >= 0.3 is 0 Å². The van der Waals surface area contributed by atoms with Gasteiger partial charge in [0, 0.05) is 38.9 Å². The second-order valence-corrected chi connectivity index (χ2v) is 12.5. The Balaban J connectivity index is 1.41. The summed E-state index contributed by atoms with van der Waals surface area (Å²) in [6.07, 6.45) is 1.65. The summed E-state index contributed by atoms with van der Waals surface area (Å²) in [6, 6.07) is 11.8. The molecule has 1 N–H and O–H groups in total. The van der Waals surface area contributed by atoms with Crippen LogP contribution in [0.5, 0.6) is 5.75 Å². The summed E-state index contributed by atoms with van der Waals surface area (Å²) in [5.41, 5.74) is 4.63. The van der Waals surface area contributed by atoms with Crippen LogP contribution in [0.25, 0.3) is 31.8 Å². The van der Waals surface area contributed by atoms with Crippen molar-refractivity contribution in [1.82, 2.24) is 24.6 Å². The van der Waals surface area contributed by atoms with E-state index in [9.17, 15) is 17.6 Å². The smallest absolute Gasteiger partial charge is 0.253 e. The summed E-state index contributed by atoms with van der Waals surface area (Å²) in [5.74, 6) is -0.122. The number of nitrogens with zero attached hydrogens (tertiary/aromatic N) is 4. The number of halogens is 1. The van der Waals surface area contributed by atoms with E-state index < -0.39 is 15.8 Å². The van der Waals surface area contributed by atoms with Gasteiger partial charge in [-0.1, -0.05) is 0 Å². The minimum absolute atomic E-state index is 0.0210. The highest BCUT2D eigenvalue weighted by Crippen LogP contribution is 2.37. The number of fused-ring (bicyclic) bond motifs is 2. The molecule has 3 aromatic carbocycles. The van der Waals surface area contributed by atoms with Gasteiger partial charge in [0.05, 0.1) is 44.6 Å². The van der Waals surface area contributed by atoms with Gasteiger partial charge in [0.25, 0.3) is 5.91 Å². The zero-order valence-corrected chi connectivity index (χ0v) is 25.0. The molecule has 10 nitrogen and oxygen atoms in total. The molecule has 0 spiro atoms. The fourth-order valence-electron chi connectivity index (χ4n) is 4.33. The first-order valence-corrected chi connectivity index (χ1v) is 15.2. The van der Waals surface area contributed by atoms with E-state index in [4.69, 9.17) is 14.5 Å². The number of carbonyl (C=O) groups excluding carboxylic acids is 1. The number of aryl methyl sites for hydroxylation is 1. The van der Waals surface area contributed by atoms with E-state index in [1.165, 1.54) is 28.4 Å². The van der Waals surface area contributed by atoms with Gasteiger partial charge in [0.15, 0.2) is 0 Å². The first kappa shape index (κ1) is 29.5. The maximum atomic E-state index is 13.1. The number of sulfonamides is 1. The topological polar surface area (TPSA) is 124 Å². The summed E-state index contributed by atoms with van der Waals surface area (Å²) < 4.78 is 52.4. The van der Waals surface area contributed by atoms with Gasteiger partial charge in [-0.2, -0.15) is 0 Å². The summed E-state index contributed by atoms with van der Waals surface area (Å²) in [7, 11) is 1.17. The number of methoxy groups -OCH3 is 1. The molecular formula is C29H28FN5O5S2. The molecule has 0 saturated carbocycles. The number of rotatable bonds is 10. The fourth-order valence-corrected chi connectivity index (χ4v) is 6.43. The number of nitrogens with one attached hydrogen (secondary N) is 1. The first-order valence-electron chi connectivity index (χ1n) is 12.9. The molecule has 42 heavy (non-hydrogen) atoms. The van der Waals surface area contributed by atoms with Gasteiger partial charge in [-0.3, -0.25) is 9.78 Å². The molecule has 0 aliphatic rings. The van der Waals surface area contributed by atoms with Crippen molar-refractivity contribution >= 4 is 48.5 Å². The number of aromatic nitrogens is 3. The Kier molecular flexibility index (Phi) is 8.45. The molecule has 5 rings (SSSR count). The maximum Gasteiger partial charge on any atom is 0.253 e. The molecule has 0 radical (unpaired) electrons. The van der Waals surface area contributed by atoms with Crippen LogP contribution in [0.15, 0.2) is 59.6 Å². The predicted octanol–water partition coefficient (Wildman–Crippen LogP) is 4.56. The average molecular weight is 610 g/mol. The minimum Gasteiger partial charge on any atom is -0.492 e. The Morgan fingerprint density at radius 2 is 1.83 bits per heavy atom. The van der Waals surface area contributed by atoms with Crippen LogP contribution in [0.3, 0.4) is 0 Å². The van der Waals surface area contributed by atoms with Crippen molar-refractivity contribution in [2.45, 2.75) is 18.4 Å². The molecule has 13 heteroatoms. The highest BCUT2D eigenvalue weighted by atomic mass is 32.2. The summed E-state index contributed by atoms with van der Waals surface area (Å²) >= 11 is 1.43. The summed E-state index contributed by atoms with van der Waals surface area (Å²) in [4.78, 5) is 28.5. The van der Waals surface area contributed by atoms with Crippen LogP contribution >= 0.6 is 11.3 Å². The van der Waals surface area contributed by atoms with Crippen molar-refractivity contribution in [3.63, 3.8) is 0 Å². The molecule has 218 valence electrons. The quantitative estimate of drug-likeness (QED) is 0.229. The van der Waals surface area contributed by atoms with Crippen molar-refractivity contribution in [2.24, 2.45) is 0 Å². The molecule has 0 atom stereocenters. The van der Waals surface area contributed by atoms with Gasteiger partial charge in [0.1, 0.15) is 23.2 Å². The van der Waals surface area contributed by atoms with Crippen molar-refractivity contribution in [3.05, 3.63) is 77.4 Å². The molecule has 0 bridgehead atoms. The third-order valence-corrected chi connectivity index (χ3v) is 8.83. The standard InChI is InChI=1S/C29H28FN5O5S2/c1-17-11-21(40-10-9-32-42(37,38)22-7-5-19(30)6-8-22)14-25-26(17)34-28(41-25)23-12-18(29(36)35(2)3)13-24-27(23)31-15-20(33-24)16-39-4/h5-8,11-15,32H,9-10,16H2,1-4H3. The SMILES string of the molecule is COCc1cnc2c(-c3nc4c(C)cc(OCCNS(=O)(=O)c5ccc(F)cc5)cc4s3)cc(C(=O)N(C)C)cc2n1. The van der Waals surface area contributed by atoms with Crippen LogP contribution in [-0.4, -0.2) is 68.5 Å². The third kappa shape index (κ3) is 6.23. The molecule has 5 aromatic rings. The third-order valence-electron chi connectivity index (χ3n) is 6.32. The first-order chi connectivity index (χ1) is 20.1. The van der Waals surface area contributed by atoms with Crippen molar-refractivity contribution in [3.8, 4) is 16.3 Å². The number of amides is 1. The van der Waals surface area contributed by atoms with E-state index in [-0.39, 0.29) is 24.0 Å². The second-order valence-electron chi connectivity index (χ2n) is 9.69. The van der Waals surface area contributed by atoms with E-state index in [1.807, 2.05) is 19.1 Å². The average Bonchev–Trinajstić information content (AvgIpc) is 3.39. The van der Waals surface area contributed by atoms with Crippen LogP contribution in [0.2, 0.25) is 0 Å². The second kappa shape index (κ2) is 12.1. The Hall–Kier alpha value is -4.04. The van der Waals surface area contributed by atoms with Crippen LogP contribution in [-0.2, 0) is 21.4 Å². The van der Waals surface area contributed by atoms with Crippen molar-refractivity contribution in [2.75, 3.05) is 34.4 Å². The van der Waals surface area contributed by atoms with Crippen molar-refractivity contribution in [1.29, 1.82) is 0 Å². The number of ether oxygens (including phenoxy) is 2. The number of hydrogen-bond donors (Lipinski definition) is 1. The van der Waals surface area contributed by atoms with Gasteiger partial charge in [-0.05, 0) is 61.0 Å². The molecule has 0 saturated heterocycles. The number of thiazole rings is 1. The number of benzene rings is 3. The Morgan fingerprint density at radius 3 is 2.55 bits per heavy atom. The molecular weight excluding hydrogens is 581 g/mol. The Morgan fingerprint density at radius 1 is 1.07 bits per heavy atom. The zero-order chi connectivity index (χ0) is 30.0.